The molecule has 0 aliphatic heterocycles. The van der Waals surface area contributed by atoms with Gasteiger partial charge in [-0.25, -0.2) is 0 Å². The topological polar surface area (TPSA) is 25.0 Å². The minimum atomic E-state index is 0.910. The Labute approximate surface area is 78.2 Å². The Hall–Kier alpha value is -1.70. The third-order valence-electron chi connectivity index (χ3n) is 1.47. The lowest BCUT2D eigenvalue weighted by Crippen LogP contribution is -1.78. The van der Waals surface area contributed by atoms with Crippen molar-refractivity contribution >= 4 is 0 Å². The molecule has 0 saturated carbocycles. The molecule has 13 heavy (non-hydrogen) atoms. The second kappa shape index (κ2) is 5.89. The Morgan fingerprint density at radius 2 is 1.54 bits per heavy atom. The Bertz CT molecular complexity index is 272. The number of aromatic amines is 1. The molecule has 1 aromatic carbocycles. The average Bonchev–Trinajstić information content (AvgIpc) is 2.77. The van der Waals surface area contributed by atoms with Gasteiger partial charge in [0.25, 0.3) is 0 Å². The van der Waals surface area contributed by atoms with Crippen molar-refractivity contribution in [2.24, 2.45) is 0 Å². The molecule has 0 amide bonds. The first kappa shape index (κ1) is 9.39. The molecule has 2 nitrogen and oxygen atoms in total. The first-order valence-corrected chi connectivity index (χ1v) is 4.10. The van der Waals surface area contributed by atoms with Crippen molar-refractivity contribution in [3.8, 4) is 5.75 Å². The zero-order valence-corrected chi connectivity index (χ0v) is 7.60. The Kier molecular flexibility index (Phi) is 4.25. The van der Waals surface area contributed by atoms with E-state index in [2.05, 4.69) is 4.98 Å². The number of para-hydroxylation sites is 1. The minimum absolute atomic E-state index is 0.910. The van der Waals surface area contributed by atoms with Crippen molar-refractivity contribution in [2.75, 3.05) is 7.11 Å². The van der Waals surface area contributed by atoms with Crippen molar-refractivity contribution in [3.05, 3.63) is 54.9 Å². The van der Waals surface area contributed by atoms with Gasteiger partial charge < -0.3 is 9.72 Å². The Balaban J connectivity index is 0.000000145. The maximum absolute atomic E-state index is 4.91. The summed E-state index contributed by atoms with van der Waals surface area (Å²) in [6.45, 7) is 0. The first-order valence-electron chi connectivity index (χ1n) is 4.10. The number of hydrogen-bond acceptors (Lipinski definition) is 1. The largest absolute Gasteiger partial charge is 0.497 e. The molecule has 68 valence electrons. The van der Waals surface area contributed by atoms with Gasteiger partial charge in [0, 0.05) is 12.4 Å². The second-order valence-corrected chi connectivity index (χ2v) is 2.40. The van der Waals surface area contributed by atoms with Gasteiger partial charge in [-0.3, -0.25) is 0 Å². The third kappa shape index (κ3) is 4.01. The van der Waals surface area contributed by atoms with Crippen LogP contribution in [0.4, 0.5) is 0 Å². The van der Waals surface area contributed by atoms with E-state index in [1.165, 1.54) is 0 Å². The van der Waals surface area contributed by atoms with Gasteiger partial charge in [-0.15, -0.1) is 0 Å². The predicted octanol–water partition coefficient (Wildman–Crippen LogP) is 2.71. The van der Waals surface area contributed by atoms with Crippen LogP contribution in [0.1, 0.15) is 0 Å². The SMILES string of the molecule is COc1ccccc1.c1cc[nH]c1. The number of benzene rings is 1. The van der Waals surface area contributed by atoms with Crippen LogP contribution in [0.5, 0.6) is 5.75 Å². The van der Waals surface area contributed by atoms with Gasteiger partial charge in [-0.05, 0) is 24.3 Å². The monoisotopic (exact) mass is 175 g/mol. The molecule has 1 heterocycles. The van der Waals surface area contributed by atoms with E-state index in [-0.39, 0.29) is 0 Å². The van der Waals surface area contributed by atoms with Crippen molar-refractivity contribution in [2.45, 2.75) is 0 Å². The Morgan fingerprint density at radius 1 is 0.923 bits per heavy atom. The standard InChI is InChI=1S/C7H8O.C4H5N/c1-8-7-5-3-2-4-6-7;1-2-4-5-3-1/h2-6H,1H3;1-5H. The van der Waals surface area contributed by atoms with E-state index < -0.39 is 0 Å². The fraction of sp³-hybridized carbons (Fsp3) is 0.0909. The zero-order valence-electron chi connectivity index (χ0n) is 7.60. The molecule has 0 radical (unpaired) electrons. The van der Waals surface area contributed by atoms with Crippen molar-refractivity contribution in [1.82, 2.24) is 4.98 Å². The van der Waals surface area contributed by atoms with Gasteiger partial charge in [0.15, 0.2) is 0 Å². The van der Waals surface area contributed by atoms with Crippen LogP contribution < -0.4 is 4.74 Å². The molecule has 0 spiro atoms. The van der Waals surface area contributed by atoms with Gasteiger partial charge >= 0.3 is 0 Å². The van der Waals surface area contributed by atoms with Crippen LogP contribution in [0.3, 0.4) is 0 Å². The highest BCUT2D eigenvalue weighted by molar-refractivity contribution is 5.20. The fourth-order valence-corrected chi connectivity index (χ4v) is 0.834. The maximum Gasteiger partial charge on any atom is 0.118 e. The van der Waals surface area contributed by atoms with Crippen LogP contribution in [0.15, 0.2) is 54.9 Å². The zero-order chi connectivity index (χ0) is 9.36. The second-order valence-electron chi connectivity index (χ2n) is 2.40. The smallest absolute Gasteiger partial charge is 0.118 e. The molecule has 2 heteroatoms. The molecule has 0 aliphatic rings. The highest BCUT2D eigenvalue weighted by atomic mass is 16.5. The summed E-state index contributed by atoms with van der Waals surface area (Å²) in [7, 11) is 1.66. The molecular formula is C11H13NO. The molecule has 1 N–H and O–H groups in total. The van der Waals surface area contributed by atoms with Gasteiger partial charge in [0.1, 0.15) is 5.75 Å². The summed E-state index contributed by atoms with van der Waals surface area (Å²) in [5.74, 6) is 0.910. The highest BCUT2D eigenvalue weighted by Gasteiger charge is 1.80. The normalized spacial score (nSPS) is 8.38. The summed E-state index contributed by atoms with van der Waals surface area (Å²) in [5.41, 5.74) is 0. The summed E-state index contributed by atoms with van der Waals surface area (Å²) in [4.78, 5) is 2.86. The third-order valence-corrected chi connectivity index (χ3v) is 1.47. The van der Waals surface area contributed by atoms with Crippen LogP contribution in [-0.2, 0) is 0 Å². The maximum atomic E-state index is 4.91. The quantitative estimate of drug-likeness (QED) is 0.708. The number of aromatic nitrogens is 1. The van der Waals surface area contributed by atoms with Crippen LogP contribution >= 0.6 is 0 Å². The van der Waals surface area contributed by atoms with Crippen LogP contribution in [0.25, 0.3) is 0 Å². The molecule has 0 unspecified atom stereocenters. The molecule has 0 atom stereocenters. The van der Waals surface area contributed by atoms with Gasteiger partial charge in [-0.1, -0.05) is 18.2 Å². The highest BCUT2D eigenvalue weighted by Crippen LogP contribution is 2.05. The number of hydrogen-bond donors (Lipinski definition) is 1. The van der Waals surface area contributed by atoms with E-state index in [0.717, 1.165) is 5.75 Å². The molecular weight excluding hydrogens is 162 g/mol. The van der Waals surface area contributed by atoms with Gasteiger partial charge in [-0.2, -0.15) is 0 Å². The van der Waals surface area contributed by atoms with Gasteiger partial charge in [0.2, 0.25) is 0 Å². The van der Waals surface area contributed by atoms with Gasteiger partial charge in [0.05, 0.1) is 7.11 Å². The van der Waals surface area contributed by atoms with Crippen molar-refractivity contribution in [1.29, 1.82) is 0 Å². The molecule has 1 aromatic heterocycles. The predicted molar refractivity (Wildman–Crippen MR) is 53.8 cm³/mol. The Morgan fingerprint density at radius 3 is 1.85 bits per heavy atom. The molecule has 0 bridgehead atoms. The van der Waals surface area contributed by atoms with Crippen LogP contribution in [-0.4, -0.2) is 12.1 Å². The lowest BCUT2D eigenvalue weighted by Gasteiger charge is -1.93. The van der Waals surface area contributed by atoms with E-state index in [1.807, 2.05) is 54.9 Å². The summed E-state index contributed by atoms with van der Waals surface area (Å²) < 4.78 is 4.91. The van der Waals surface area contributed by atoms with Crippen molar-refractivity contribution < 1.29 is 4.74 Å². The first-order chi connectivity index (χ1) is 6.43. The van der Waals surface area contributed by atoms with Crippen molar-refractivity contribution in [3.63, 3.8) is 0 Å². The minimum Gasteiger partial charge on any atom is -0.497 e. The number of nitrogens with one attached hydrogen (secondary N) is 1. The molecule has 0 aliphatic carbocycles. The molecule has 2 rings (SSSR count). The molecule has 0 saturated heterocycles. The lowest BCUT2D eigenvalue weighted by molar-refractivity contribution is 0.415. The number of H-pyrrole nitrogens is 1. The van der Waals surface area contributed by atoms with E-state index >= 15 is 0 Å². The summed E-state index contributed by atoms with van der Waals surface area (Å²) in [5, 5.41) is 0. The van der Waals surface area contributed by atoms with E-state index in [9.17, 15) is 0 Å². The number of ether oxygens (including phenoxy) is 1. The summed E-state index contributed by atoms with van der Waals surface area (Å²) >= 11 is 0. The fourth-order valence-electron chi connectivity index (χ4n) is 0.834. The average molecular weight is 175 g/mol. The number of methoxy groups -OCH3 is 1. The van der Waals surface area contributed by atoms with Crippen LogP contribution in [0, 0.1) is 0 Å². The van der Waals surface area contributed by atoms with E-state index in [0.29, 0.717) is 0 Å². The number of rotatable bonds is 1. The van der Waals surface area contributed by atoms with Crippen LogP contribution in [0.2, 0.25) is 0 Å². The molecule has 0 fully saturated rings. The van der Waals surface area contributed by atoms with E-state index in [1.54, 1.807) is 7.11 Å². The molecule has 2 aromatic rings. The van der Waals surface area contributed by atoms with E-state index in [4.69, 9.17) is 4.74 Å². The summed E-state index contributed by atoms with van der Waals surface area (Å²) in [6.07, 6.45) is 3.75. The summed E-state index contributed by atoms with van der Waals surface area (Å²) in [6, 6.07) is 13.6. The lowest BCUT2D eigenvalue weighted by atomic mass is 10.3.